The number of hydrogen-bond acceptors (Lipinski definition) is 4. The highest BCUT2D eigenvalue weighted by Crippen LogP contribution is 2.30. The van der Waals surface area contributed by atoms with E-state index in [2.05, 4.69) is 9.97 Å². The number of halogens is 1. The number of nitrogens with one attached hydrogen (secondary N) is 1. The van der Waals surface area contributed by atoms with Crippen molar-refractivity contribution in [1.29, 1.82) is 0 Å². The number of aromatic nitrogens is 2. The van der Waals surface area contributed by atoms with Crippen molar-refractivity contribution < 1.29 is 9.50 Å². The Hall–Kier alpha value is -2.47. The molecule has 0 aliphatic heterocycles. The number of H-pyrrole nitrogens is 1. The van der Waals surface area contributed by atoms with Gasteiger partial charge in [-0.1, -0.05) is 18.2 Å². The summed E-state index contributed by atoms with van der Waals surface area (Å²) in [4.78, 5) is 19.6. The van der Waals surface area contributed by atoms with Gasteiger partial charge in [0.2, 0.25) is 5.88 Å². The van der Waals surface area contributed by atoms with Gasteiger partial charge in [-0.15, -0.1) is 11.3 Å². The first-order chi connectivity index (χ1) is 10.1. The van der Waals surface area contributed by atoms with Gasteiger partial charge in [-0.3, -0.25) is 4.79 Å². The first-order valence-corrected chi connectivity index (χ1v) is 7.08. The van der Waals surface area contributed by atoms with Gasteiger partial charge in [0.1, 0.15) is 11.4 Å². The second kappa shape index (κ2) is 5.14. The monoisotopic (exact) mass is 302 g/mol. The van der Waals surface area contributed by atoms with E-state index in [1.165, 1.54) is 29.5 Å². The summed E-state index contributed by atoms with van der Waals surface area (Å²) < 4.78 is 13.8. The van der Waals surface area contributed by atoms with Crippen LogP contribution in [0.3, 0.4) is 0 Å². The van der Waals surface area contributed by atoms with Crippen LogP contribution in [0.1, 0.15) is 5.56 Å². The van der Waals surface area contributed by atoms with Gasteiger partial charge in [0.15, 0.2) is 5.82 Å². The number of aromatic amines is 1. The van der Waals surface area contributed by atoms with Gasteiger partial charge >= 0.3 is 0 Å². The van der Waals surface area contributed by atoms with Crippen LogP contribution in [0.4, 0.5) is 4.39 Å². The van der Waals surface area contributed by atoms with E-state index in [4.69, 9.17) is 0 Å². The third kappa shape index (κ3) is 2.34. The summed E-state index contributed by atoms with van der Waals surface area (Å²) in [7, 11) is 0. The van der Waals surface area contributed by atoms with Crippen LogP contribution in [0.15, 0.2) is 40.5 Å². The van der Waals surface area contributed by atoms with Gasteiger partial charge < -0.3 is 10.1 Å². The molecule has 0 aliphatic carbocycles. The summed E-state index contributed by atoms with van der Waals surface area (Å²) in [6.07, 6.45) is 0. The smallest absolute Gasteiger partial charge is 0.263 e. The molecule has 0 saturated heterocycles. The number of aryl methyl sites for hydroxylation is 1. The van der Waals surface area contributed by atoms with E-state index < -0.39 is 17.3 Å². The highest BCUT2D eigenvalue weighted by molar-refractivity contribution is 7.13. The highest BCUT2D eigenvalue weighted by atomic mass is 32.1. The van der Waals surface area contributed by atoms with Gasteiger partial charge in [-0.25, -0.2) is 4.39 Å². The van der Waals surface area contributed by atoms with Gasteiger partial charge in [0.25, 0.3) is 5.56 Å². The van der Waals surface area contributed by atoms with E-state index in [0.717, 1.165) is 10.4 Å². The Morgan fingerprint density at radius 3 is 2.67 bits per heavy atom. The molecule has 0 amide bonds. The summed E-state index contributed by atoms with van der Waals surface area (Å²) in [5.74, 6) is -0.781. The molecule has 0 unspecified atom stereocenters. The lowest BCUT2D eigenvalue weighted by molar-refractivity contribution is 0.453. The summed E-state index contributed by atoms with van der Waals surface area (Å²) in [5, 5.41) is 11.9. The zero-order valence-electron chi connectivity index (χ0n) is 11.1. The van der Waals surface area contributed by atoms with Crippen molar-refractivity contribution in [1.82, 2.24) is 9.97 Å². The van der Waals surface area contributed by atoms with Crippen LogP contribution in [-0.2, 0) is 0 Å². The Labute approximate surface area is 123 Å². The summed E-state index contributed by atoms with van der Waals surface area (Å²) in [6.45, 7) is 1.88. The molecule has 0 fully saturated rings. The quantitative estimate of drug-likeness (QED) is 0.763. The van der Waals surface area contributed by atoms with Crippen molar-refractivity contribution >= 4 is 11.3 Å². The van der Waals surface area contributed by atoms with Crippen molar-refractivity contribution in [3.05, 3.63) is 57.4 Å². The predicted molar refractivity (Wildman–Crippen MR) is 80.0 cm³/mol. The molecule has 21 heavy (non-hydrogen) atoms. The third-order valence-electron chi connectivity index (χ3n) is 3.12. The second-order valence-corrected chi connectivity index (χ2v) is 5.44. The highest BCUT2D eigenvalue weighted by Gasteiger charge is 2.17. The maximum absolute atomic E-state index is 13.8. The fraction of sp³-hybridized carbons (Fsp3) is 0.0667. The molecule has 0 radical (unpaired) electrons. The number of benzene rings is 1. The molecule has 3 rings (SSSR count). The average Bonchev–Trinajstić information content (AvgIpc) is 2.86. The van der Waals surface area contributed by atoms with Crippen LogP contribution < -0.4 is 5.56 Å². The molecule has 6 heteroatoms. The standard InChI is InChI=1S/C15H11FN2O2S/c1-8-6-7-21-12(8)13-17-14(19)11(15(20)18-13)9-4-2-3-5-10(9)16/h2-7H,1H3,(H2,17,18,19,20). The minimum absolute atomic E-state index is 0.0261. The lowest BCUT2D eigenvalue weighted by Gasteiger charge is -2.06. The fourth-order valence-electron chi connectivity index (χ4n) is 2.09. The summed E-state index contributed by atoms with van der Waals surface area (Å²) >= 11 is 1.41. The lowest BCUT2D eigenvalue weighted by Crippen LogP contribution is -2.12. The lowest BCUT2D eigenvalue weighted by atomic mass is 10.1. The topological polar surface area (TPSA) is 66.0 Å². The largest absolute Gasteiger partial charge is 0.493 e. The van der Waals surface area contributed by atoms with Crippen LogP contribution in [0.25, 0.3) is 21.8 Å². The molecule has 2 N–H and O–H groups in total. The molecule has 106 valence electrons. The minimum atomic E-state index is -0.583. The Morgan fingerprint density at radius 2 is 2.05 bits per heavy atom. The Morgan fingerprint density at radius 1 is 1.29 bits per heavy atom. The zero-order chi connectivity index (χ0) is 15.0. The third-order valence-corrected chi connectivity index (χ3v) is 4.14. The summed E-state index contributed by atoms with van der Waals surface area (Å²) in [6, 6.07) is 7.65. The normalized spacial score (nSPS) is 10.8. The Balaban J connectivity index is 2.21. The number of hydrogen-bond donors (Lipinski definition) is 2. The van der Waals surface area contributed by atoms with Crippen LogP contribution in [-0.4, -0.2) is 15.1 Å². The SMILES string of the molecule is Cc1ccsc1-c1nc(O)c(-c2ccccc2F)c(=O)[nH]1. The predicted octanol–water partition coefficient (Wildman–Crippen LogP) is 3.32. The summed E-state index contributed by atoms with van der Waals surface area (Å²) in [5.41, 5.74) is 0.237. The molecule has 0 spiro atoms. The van der Waals surface area contributed by atoms with Crippen molar-refractivity contribution in [2.75, 3.05) is 0 Å². The van der Waals surface area contributed by atoms with E-state index >= 15 is 0 Å². The van der Waals surface area contributed by atoms with Crippen molar-refractivity contribution in [3.63, 3.8) is 0 Å². The molecule has 2 aromatic heterocycles. The van der Waals surface area contributed by atoms with Crippen LogP contribution in [0.2, 0.25) is 0 Å². The molecule has 0 saturated carbocycles. The van der Waals surface area contributed by atoms with Gasteiger partial charge in [0, 0.05) is 5.56 Å². The van der Waals surface area contributed by atoms with E-state index in [1.54, 1.807) is 6.07 Å². The zero-order valence-corrected chi connectivity index (χ0v) is 11.9. The maximum atomic E-state index is 13.8. The molecular formula is C15H11FN2O2S. The number of aromatic hydroxyl groups is 1. The van der Waals surface area contributed by atoms with E-state index in [-0.39, 0.29) is 17.0 Å². The van der Waals surface area contributed by atoms with Crippen LogP contribution >= 0.6 is 11.3 Å². The average molecular weight is 302 g/mol. The number of thiophene rings is 1. The number of nitrogens with zero attached hydrogens (tertiary/aromatic N) is 1. The molecule has 1 aromatic carbocycles. The van der Waals surface area contributed by atoms with Gasteiger partial charge in [-0.2, -0.15) is 4.98 Å². The van der Waals surface area contributed by atoms with E-state index in [0.29, 0.717) is 0 Å². The first-order valence-electron chi connectivity index (χ1n) is 6.20. The van der Waals surface area contributed by atoms with Crippen molar-refractivity contribution in [3.8, 4) is 27.7 Å². The van der Waals surface area contributed by atoms with Gasteiger partial charge in [0.05, 0.1) is 4.88 Å². The second-order valence-electron chi connectivity index (χ2n) is 4.53. The Bertz CT molecular complexity index is 870. The molecule has 0 aliphatic rings. The van der Waals surface area contributed by atoms with E-state index in [9.17, 15) is 14.3 Å². The molecule has 0 bridgehead atoms. The first kappa shape index (κ1) is 13.5. The van der Waals surface area contributed by atoms with Crippen LogP contribution in [0, 0.1) is 12.7 Å². The van der Waals surface area contributed by atoms with Gasteiger partial charge in [-0.05, 0) is 30.0 Å². The maximum Gasteiger partial charge on any atom is 0.263 e. The van der Waals surface area contributed by atoms with Crippen LogP contribution in [0.5, 0.6) is 5.88 Å². The molecule has 3 aromatic rings. The molecule has 4 nitrogen and oxygen atoms in total. The molecular weight excluding hydrogens is 291 g/mol. The number of rotatable bonds is 2. The van der Waals surface area contributed by atoms with E-state index in [1.807, 2.05) is 18.4 Å². The minimum Gasteiger partial charge on any atom is -0.493 e. The fourth-order valence-corrected chi connectivity index (χ4v) is 2.96. The van der Waals surface area contributed by atoms with Crippen molar-refractivity contribution in [2.24, 2.45) is 0 Å². The molecule has 0 atom stereocenters. The Kier molecular flexibility index (Phi) is 3.31. The molecule has 2 heterocycles. The van der Waals surface area contributed by atoms with Crippen molar-refractivity contribution in [2.45, 2.75) is 6.92 Å².